The van der Waals surface area contributed by atoms with E-state index < -0.39 is 0 Å². The van der Waals surface area contributed by atoms with Crippen molar-refractivity contribution in [1.82, 2.24) is 10.3 Å². The number of aromatic nitrogens is 1. The highest BCUT2D eigenvalue weighted by atomic mass is 16.3. The first-order valence-electron chi connectivity index (χ1n) is 7.38. The van der Waals surface area contributed by atoms with E-state index >= 15 is 0 Å². The number of carbonyl (C=O) groups excluding carboxylic acids is 1. The Morgan fingerprint density at radius 2 is 2.05 bits per heavy atom. The molecule has 0 aliphatic heterocycles. The quantitative estimate of drug-likeness (QED) is 0.888. The summed E-state index contributed by atoms with van der Waals surface area (Å²) in [6.45, 7) is 6.00. The molecular weight excluding hydrogens is 264 g/mol. The number of fused-ring (bicyclic) bond motifs is 1. The van der Waals surface area contributed by atoms with Crippen LogP contribution in [-0.2, 0) is 0 Å². The van der Waals surface area contributed by atoms with E-state index in [1.54, 1.807) is 0 Å². The highest BCUT2D eigenvalue weighted by molar-refractivity contribution is 6.06. The SMILES string of the molecule is CCC(CO)NC(=O)c1cc(C(C)C)nc2ccccc12. The molecule has 1 aromatic carbocycles. The Labute approximate surface area is 125 Å². The van der Waals surface area contributed by atoms with Crippen LogP contribution in [-0.4, -0.2) is 28.6 Å². The van der Waals surface area contributed by atoms with Crippen molar-refractivity contribution in [3.8, 4) is 0 Å². The van der Waals surface area contributed by atoms with Crippen LogP contribution in [0, 0.1) is 0 Å². The average Bonchev–Trinajstić information content (AvgIpc) is 2.51. The standard InChI is InChI=1S/C17H22N2O2/c1-4-12(10-20)18-17(21)14-9-16(11(2)3)19-15-8-6-5-7-13(14)15/h5-9,11-12,20H,4,10H2,1-3H3,(H,18,21). The number of nitrogens with zero attached hydrogens (tertiary/aromatic N) is 1. The van der Waals surface area contributed by atoms with Crippen LogP contribution in [0.3, 0.4) is 0 Å². The van der Waals surface area contributed by atoms with Crippen LogP contribution in [0.5, 0.6) is 0 Å². The number of pyridine rings is 1. The fourth-order valence-electron chi connectivity index (χ4n) is 2.22. The molecule has 1 aromatic heterocycles. The highest BCUT2D eigenvalue weighted by Crippen LogP contribution is 2.22. The average molecular weight is 286 g/mol. The number of amides is 1. The predicted octanol–water partition coefficient (Wildman–Crippen LogP) is 2.86. The van der Waals surface area contributed by atoms with Gasteiger partial charge in [0.25, 0.3) is 5.91 Å². The third-order valence-electron chi connectivity index (χ3n) is 3.62. The topological polar surface area (TPSA) is 62.2 Å². The zero-order valence-electron chi connectivity index (χ0n) is 12.8. The van der Waals surface area contributed by atoms with E-state index in [0.29, 0.717) is 12.0 Å². The summed E-state index contributed by atoms with van der Waals surface area (Å²) < 4.78 is 0. The molecule has 0 saturated heterocycles. The van der Waals surface area contributed by atoms with Crippen LogP contribution < -0.4 is 5.32 Å². The molecule has 0 spiro atoms. The second-order valence-corrected chi connectivity index (χ2v) is 5.53. The summed E-state index contributed by atoms with van der Waals surface area (Å²) in [6, 6.07) is 9.28. The lowest BCUT2D eigenvalue weighted by atomic mass is 10.0. The third-order valence-corrected chi connectivity index (χ3v) is 3.62. The normalized spacial score (nSPS) is 12.6. The van der Waals surface area contributed by atoms with Gasteiger partial charge in [0, 0.05) is 11.1 Å². The Kier molecular flexibility index (Phi) is 4.91. The molecule has 0 radical (unpaired) electrons. The van der Waals surface area contributed by atoms with Crippen LogP contribution in [0.15, 0.2) is 30.3 Å². The van der Waals surface area contributed by atoms with Crippen molar-refractivity contribution in [1.29, 1.82) is 0 Å². The minimum atomic E-state index is -0.216. The second kappa shape index (κ2) is 6.68. The first kappa shape index (κ1) is 15.4. The third kappa shape index (κ3) is 3.39. The molecule has 1 atom stereocenters. The van der Waals surface area contributed by atoms with E-state index in [-0.39, 0.29) is 24.5 Å². The molecule has 2 N–H and O–H groups in total. The van der Waals surface area contributed by atoms with Crippen LogP contribution >= 0.6 is 0 Å². The summed E-state index contributed by atoms with van der Waals surface area (Å²) in [5, 5.41) is 13.0. The fraction of sp³-hybridized carbons (Fsp3) is 0.412. The lowest BCUT2D eigenvalue weighted by molar-refractivity contribution is 0.0916. The van der Waals surface area contributed by atoms with E-state index in [9.17, 15) is 9.90 Å². The molecule has 0 saturated carbocycles. The highest BCUT2D eigenvalue weighted by Gasteiger charge is 2.16. The Balaban J connectivity index is 2.48. The lowest BCUT2D eigenvalue weighted by Crippen LogP contribution is -2.37. The number of hydrogen-bond donors (Lipinski definition) is 2. The van der Waals surface area contributed by atoms with Crippen LogP contribution in [0.4, 0.5) is 0 Å². The molecule has 1 heterocycles. The van der Waals surface area contributed by atoms with Gasteiger partial charge in [-0.1, -0.05) is 39.0 Å². The second-order valence-electron chi connectivity index (χ2n) is 5.53. The maximum absolute atomic E-state index is 12.5. The lowest BCUT2D eigenvalue weighted by Gasteiger charge is -2.16. The van der Waals surface area contributed by atoms with Gasteiger partial charge in [-0.25, -0.2) is 0 Å². The van der Waals surface area contributed by atoms with E-state index in [1.807, 2.05) is 37.3 Å². The van der Waals surface area contributed by atoms with Crippen molar-refractivity contribution < 1.29 is 9.90 Å². The predicted molar refractivity (Wildman–Crippen MR) is 84.5 cm³/mol. The van der Waals surface area contributed by atoms with E-state index in [4.69, 9.17) is 0 Å². The summed E-state index contributed by atoms with van der Waals surface area (Å²) >= 11 is 0. The van der Waals surface area contributed by atoms with Crippen molar-refractivity contribution in [3.05, 3.63) is 41.6 Å². The number of rotatable bonds is 5. The number of aliphatic hydroxyl groups is 1. The zero-order valence-corrected chi connectivity index (χ0v) is 12.8. The molecule has 0 aliphatic carbocycles. The number of hydrogen-bond acceptors (Lipinski definition) is 3. The van der Waals surface area contributed by atoms with Gasteiger partial charge >= 0.3 is 0 Å². The number of nitrogens with one attached hydrogen (secondary N) is 1. The van der Waals surface area contributed by atoms with Crippen molar-refractivity contribution in [2.45, 2.75) is 39.2 Å². The summed E-state index contributed by atoms with van der Waals surface area (Å²) in [5.41, 5.74) is 2.35. The maximum atomic E-state index is 12.5. The van der Waals surface area contributed by atoms with E-state index in [2.05, 4.69) is 24.1 Å². The van der Waals surface area contributed by atoms with Gasteiger partial charge < -0.3 is 10.4 Å². The number of para-hydroxylation sites is 1. The molecule has 4 nitrogen and oxygen atoms in total. The van der Waals surface area contributed by atoms with E-state index in [0.717, 1.165) is 16.6 Å². The molecule has 0 aliphatic rings. The van der Waals surface area contributed by atoms with Gasteiger partial charge in [-0.2, -0.15) is 0 Å². The molecule has 21 heavy (non-hydrogen) atoms. The summed E-state index contributed by atoms with van der Waals surface area (Å²) in [6.07, 6.45) is 0.697. The summed E-state index contributed by atoms with van der Waals surface area (Å²) in [4.78, 5) is 17.1. The first-order chi connectivity index (χ1) is 10.1. The molecule has 4 heteroatoms. The number of aliphatic hydroxyl groups excluding tert-OH is 1. The summed E-state index contributed by atoms with van der Waals surface area (Å²) in [5.74, 6) is 0.0948. The van der Waals surface area contributed by atoms with Gasteiger partial charge in [0.1, 0.15) is 0 Å². The monoisotopic (exact) mass is 286 g/mol. The maximum Gasteiger partial charge on any atom is 0.252 e. The minimum absolute atomic E-state index is 0.0533. The molecule has 2 rings (SSSR count). The molecule has 1 unspecified atom stereocenters. The Morgan fingerprint density at radius 1 is 1.33 bits per heavy atom. The van der Waals surface area contributed by atoms with Crippen LogP contribution in [0.2, 0.25) is 0 Å². The minimum Gasteiger partial charge on any atom is -0.394 e. The van der Waals surface area contributed by atoms with Gasteiger partial charge in [-0.3, -0.25) is 9.78 Å². The zero-order chi connectivity index (χ0) is 15.4. The van der Waals surface area contributed by atoms with Crippen molar-refractivity contribution >= 4 is 16.8 Å². The number of benzene rings is 1. The van der Waals surface area contributed by atoms with Gasteiger partial charge in [-0.05, 0) is 24.5 Å². The molecule has 0 fully saturated rings. The van der Waals surface area contributed by atoms with Crippen LogP contribution in [0.1, 0.15) is 49.2 Å². The Morgan fingerprint density at radius 3 is 2.67 bits per heavy atom. The largest absolute Gasteiger partial charge is 0.394 e. The van der Waals surface area contributed by atoms with Crippen molar-refractivity contribution in [2.24, 2.45) is 0 Å². The van der Waals surface area contributed by atoms with Crippen LogP contribution in [0.25, 0.3) is 10.9 Å². The van der Waals surface area contributed by atoms with Gasteiger partial charge in [0.2, 0.25) is 0 Å². The molecular formula is C17H22N2O2. The smallest absolute Gasteiger partial charge is 0.252 e. The Hall–Kier alpha value is -1.94. The van der Waals surface area contributed by atoms with Gasteiger partial charge in [-0.15, -0.1) is 0 Å². The van der Waals surface area contributed by atoms with Gasteiger partial charge in [0.15, 0.2) is 0 Å². The van der Waals surface area contributed by atoms with Crippen molar-refractivity contribution in [2.75, 3.05) is 6.61 Å². The summed E-state index contributed by atoms with van der Waals surface area (Å²) in [7, 11) is 0. The van der Waals surface area contributed by atoms with E-state index in [1.165, 1.54) is 0 Å². The van der Waals surface area contributed by atoms with Gasteiger partial charge in [0.05, 0.1) is 23.7 Å². The first-order valence-corrected chi connectivity index (χ1v) is 7.38. The Bertz CT molecular complexity index is 634. The molecule has 2 aromatic rings. The number of carbonyl (C=O) groups is 1. The van der Waals surface area contributed by atoms with Crippen molar-refractivity contribution in [3.63, 3.8) is 0 Å². The molecule has 112 valence electrons. The fourth-order valence-corrected chi connectivity index (χ4v) is 2.22. The molecule has 1 amide bonds. The molecule has 0 bridgehead atoms.